The molecular formula is C19H15FN2O. The first-order chi connectivity index (χ1) is 11.2. The molecule has 0 unspecified atom stereocenters. The molecule has 2 N–H and O–H groups in total. The molecule has 0 aliphatic heterocycles. The lowest BCUT2D eigenvalue weighted by Gasteiger charge is -2.09. The van der Waals surface area contributed by atoms with Crippen LogP contribution in [0.3, 0.4) is 0 Å². The van der Waals surface area contributed by atoms with Gasteiger partial charge in [-0.15, -0.1) is 0 Å². The molecule has 0 atom stereocenters. The van der Waals surface area contributed by atoms with Crippen LogP contribution in [0.5, 0.6) is 0 Å². The number of urea groups is 1. The van der Waals surface area contributed by atoms with Crippen LogP contribution in [0, 0.1) is 5.82 Å². The Morgan fingerprint density at radius 2 is 1.30 bits per heavy atom. The predicted octanol–water partition coefficient (Wildman–Crippen LogP) is 5.14. The van der Waals surface area contributed by atoms with Crippen LogP contribution >= 0.6 is 0 Å². The molecule has 0 saturated heterocycles. The van der Waals surface area contributed by atoms with Crippen molar-refractivity contribution in [1.82, 2.24) is 0 Å². The number of nitrogens with one attached hydrogen (secondary N) is 2. The normalized spacial score (nSPS) is 10.1. The third-order valence-corrected chi connectivity index (χ3v) is 3.37. The minimum absolute atomic E-state index is 0.144. The topological polar surface area (TPSA) is 41.1 Å². The van der Waals surface area contributed by atoms with Gasteiger partial charge in [0.25, 0.3) is 0 Å². The molecule has 0 spiro atoms. The third kappa shape index (κ3) is 3.74. The zero-order valence-electron chi connectivity index (χ0n) is 12.3. The molecule has 0 aliphatic carbocycles. The summed E-state index contributed by atoms with van der Waals surface area (Å²) in [6.45, 7) is 0. The van der Waals surface area contributed by atoms with E-state index in [4.69, 9.17) is 0 Å². The molecule has 0 aliphatic rings. The van der Waals surface area contributed by atoms with Crippen LogP contribution in [0.25, 0.3) is 11.1 Å². The van der Waals surface area contributed by atoms with Gasteiger partial charge in [0.2, 0.25) is 0 Å². The molecule has 0 bridgehead atoms. The predicted molar refractivity (Wildman–Crippen MR) is 90.9 cm³/mol. The highest BCUT2D eigenvalue weighted by atomic mass is 19.1. The van der Waals surface area contributed by atoms with E-state index in [9.17, 15) is 9.18 Å². The highest BCUT2D eigenvalue weighted by Crippen LogP contribution is 2.21. The average Bonchev–Trinajstić information content (AvgIpc) is 2.58. The maximum Gasteiger partial charge on any atom is 0.323 e. The van der Waals surface area contributed by atoms with Crippen LogP contribution in [0.4, 0.5) is 20.6 Å². The fourth-order valence-corrected chi connectivity index (χ4v) is 2.22. The molecule has 114 valence electrons. The lowest BCUT2D eigenvalue weighted by molar-refractivity contribution is 0.262. The van der Waals surface area contributed by atoms with Crippen LogP contribution in [0.15, 0.2) is 78.9 Å². The van der Waals surface area contributed by atoms with E-state index in [0.29, 0.717) is 5.69 Å². The Kier molecular flexibility index (Phi) is 4.34. The number of anilines is 2. The van der Waals surface area contributed by atoms with E-state index < -0.39 is 11.8 Å². The first-order valence-corrected chi connectivity index (χ1v) is 7.20. The van der Waals surface area contributed by atoms with Crippen molar-refractivity contribution in [3.05, 3.63) is 84.7 Å². The van der Waals surface area contributed by atoms with Crippen molar-refractivity contribution in [1.29, 1.82) is 0 Å². The highest BCUT2D eigenvalue weighted by molar-refractivity contribution is 5.99. The summed E-state index contributed by atoms with van der Waals surface area (Å²) in [5.74, 6) is -0.470. The number of rotatable bonds is 3. The number of hydrogen-bond acceptors (Lipinski definition) is 1. The van der Waals surface area contributed by atoms with Gasteiger partial charge in [0.15, 0.2) is 0 Å². The Balaban J connectivity index is 1.66. The second kappa shape index (κ2) is 6.75. The molecule has 2 amide bonds. The van der Waals surface area contributed by atoms with E-state index >= 15 is 0 Å². The maximum absolute atomic E-state index is 13.5. The van der Waals surface area contributed by atoms with Crippen molar-refractivity contribution >= 4 is 17.4 Å². The van der Waals surface area contributed by atoms with Crippen LogP contribution in [0.2, 0.25) is 0 Å². The summed E-state index contributed by atoms with van der Waals surface area (Å²) in [6, 6.07) is 23.0. The first-order valence-electron chi connectivity index (χ1n) is 7.20. The first kappa shape index (κ1) is 14.8. The number of halogens is 1. The maximum atomic E-state index is 13.5. The van der Waals surface area contributed by atoms with Gasteiger partial charge in [-0.3, -0.25) is 0 Å². The molecule has 3 aromatic rings. The molecule has 0 radical (unpaired) electrons. The van der Waals surface area contributed by atoms with Gasteiger partial charge >= 0.3 is 6.03 Å². The number of para-hydroxylation sites is 1. The summed E-state index contributed by atoms with van der Waals surface area (Å²) in [4.78, 5) is 11.9. The molecule has 0 heterocycles. The number of amides is 2. The minimum atomic E-state index is -0.484. The Hall–Kier alpha value is -3.14. The van der Waals surface area contributed by atoms with Gasteiger partial charge < -0.3 is 10.6 Å². The van der Waals surface area contributed by atoms with Crippen LogP contribution in [0.1, 0.15) is 0 Å². The van der Waals surface area contributed by atoms with Crippen molar-refractivity contribution in [3.63, 3.8) is 0 Å². The quantitative estimate of drug-likeness (QED) is 0.691. The zero-order chi connectivity index (χ0) is 16.1. The second-order valence-corrected chi connectivity index (χ2v) is 5.00. The minimum Gasteiger partial charge on any atom is -0.308 e. The van der Waals surface area contributed by atoms with Gasteiger partial charge in [-0.1, -0.05) is 54.6 Å². The van der Waals surface area contributed by atoms with E-state index in [0.717, 1.165) is 11.1 Å². The Morgan fingerprint density at radius 3 is 2.00 bits per heavy atom. The molecule has 0 fully saturated rings. The van der Waals surface area contributed by atoms with E-state index in [1.807, 2.05) is 54.6 Å². The van der Waals surface area contributed by atoms with Crippen molar-refractivity contribution in [2.24, 2.45) is 0 Å². The summed E-state index contributed by atoms with van der Waals surface area (Å²) >= 11 is 0. The van der Waals surface area contributed by atoms with Crippen molar-refractivity contribution < 1.29 is 9.18 Å². The molecule has 3 aromatic carbocycles. The van der Waals surface area contributed by atoms with E-state index in [1.54, 1.807) is 12.1 Å². The molecular weight excluding hydrogens is 291 g/mol. The summed E-state index contributed by atoms with van der Waals surface area (Å²) < 4.78 is 13.5. The van der Waals surface area contributed by atoms with E-state index in [1.165, 1.54) is 12.1 Å². The highest BCUT2D eigenvalue weighted by Gasteiger charge is 2.06. The molecule has 3 rings (SSSR count). The third-order valence-electron chi connectivity index (χ3n) is 3.37. The summed E-state index contributed by atoms with van der Waals surface area (Å²) in [6.07, 6.45) is 0. The molecule has 0 saturated carbocycles. The smallest absolute Gasteiger partial charge is 0.308 e. The lowest BCUT2D eigenvalue weighted by Crippen LogP contribution is -2.20. The van der Waals surface area contributed by atoms with Crippen LogP contribution < -0.4 is 10.6 Å². The largest absolute Gasteiger partial charge is 0.323 e. The molecule has 3 nitrogen and oxygen atoms in total. The van der Waals surface area contributed by atoms with Crippen molar-refractivity contribution in [3.8, 4) is 11.1 Å². The average molecular weight is 306 g/mol. The Labute approximate surface area is 133 Å². The fraction of sp³-hybridized carbons (Fsp3) is 0. The van der Waals surface area contributed by atoms with Gasteiger partial charge in [-0.2, -0.15) is 0 Å². The van der Waals surface area contributed by atoms with Gasteiger partial charge in [0.1, 0.15) is 5.82 Å². The lowest BCUT2D eigenvalue weighted by atomic mass is 10.1. The summed E-state index contributed by atoms with van der Waals surface area (Å²) in [5, 5.41) is 5.16. The van der Waals surface area contributed by atoms with Crippen LogP contribution in [-0.4, -0.2) is 6.03 Å². The summed E-state index contributed by atoms with van der Waals surface area (Å²) in [5.41, 5.74) is 2.95. The molecule has 4 heteroatoms. The van der Waals surface area contributed by atoms with Gasteiger partial charge in [-0.05, 0) is 35.4 Å². The number of carbonyl (C=O) groups excluding carboxylic acids is 1. The van der Waals surface area contributed by atoms with Gasteiger partial charge in [-0.25, -0.2) is 9.18 Å². The number of hydrogen-bond donors (Lipinski definition) is 2. The van der Waals surface area contributed by atoms with Crippen molar-refractivity contribution in [2.75, 3.05) is 10.6 Å². The Bertz CT molecular complexity index is 801. The Morgan fingerprint density at radius 1 is 0.696 bits per heavy atom. The SMILES string of the molecule is O=C(Nc1ccc(-c2ccccc2)cc1)Nc1ccccc1F. The van der Waals surface area contributed by atoms with Crippen LogP contribution in [-0.2, 0) is 0 Å². The number of carbonyl (C=O) groups is 1. The molecule has 23 heavy (non-hydrogen) atoms. The van der Waals surface area contributed by atoms with E-state index in [2.05, 4.69) is 10.6 Å². The van der Waals surface area contributed by atoms with Crippen molar-refractivity contribution in [2.45, 2.75) is 0 Å². The van der Waals surface area contributed by atoms with Gasteiger partial charge in [0.05, 0.1) is 5.69 Å². The van der Waals surface area contributed by atoms with E-state index in [-0.39, 0.29) is 5.69 Å². The number of benzene rings is 3. The second-order valence-electron chi connectivity index (χ2n) is 5.00. The fourth-order valence-electron chi connectivity index (χ4n) is 2.22. The summed E-state index contributed by atoms with van der Waals surface area (Å²) in [7, 11) is 0. The zero-order valence-corrected chi connectivity index (χ0v) is 12.3. The van der Waals surface area contributed by atoms with Gasteiger partial charge in [0, 0.05) is 5.69 Å². The molecule has 0 aromatic heterocycles. The monoisotopic (exact) mass is 306 g/mol. The standard InChI is InChI=1S/C19H15FN2O/c20-17-8-4-5-9-18(17)22-19(23)21-16-12-10-15(11-13-16)14-6-2-1-3-7-14/h1-13H,(H2,21,22,23).